The lowest BCUT2D eigenvalue weighted by molar-refractivity contribution is 0.0525. The average Bonchev–Trinajstić information content (AvgIpc) is 2.05. The highest BCUT2D eigenvalue weighted by Gasteiger charge is 2.04. The molecule has 0 aromatic carbocycles. The predicted octanol–water partition coefficient (Wildman–Crippen LogP) is 0.00830. The molecule has 2 unspecified atom stereocenters. The van der Waals surface area contributed by atoms with Crippen LogP contribution in [-0.2, 0) is 9.47 Å². The van der Waals surface area contributed by atoms with Crippen molar-refractivity contribution in [1.82, 2.24) is 5.32 Å². The Morgan fingerprint density at radius 2 is 2.08 bits per heavy atom. The Labute approximate surface area is 80.2 Å². The monoisotopic (exact) mass is 191 g/mol. The SMILES string of the molecule is CCOC(C)CNCC(O)COC. The Balaban J connectivity index is 3.23. The summed E-state index contributed by atoms with van der Waals surface area (Å²) in [7, 11) is 1.58. The summed E-state index contributed by atoms with van der Waals surface area (Å²) in [6.45, 7) is 6.37. The first kappa shape index (κ1) is 12.8. The molecule has 4 nitrogen and oxygen atoms in total. The highest BCUT2D eigenvalue weighted by atomic mass is 16.5. The van der Waals surface area contributed by atoms with Gasteiger partial charge in [0.2, 0.25) is 0 Å². The quantitative estimate of drug-likeness (QED) is 0.567. The molecular weight excluding hydrogens is 170 g/mol. The molecule has 13 heavy (non-hydrogen) atoms. The summed E-state index contributed by atoms with van der Waals surface area (Å²) < 4.78 is 10.1. The minimum Gasteiger partial charge on any atom is -0.389 e. The van der Waals surface area contributed by atoms with E-state index in [0.29, 0.717) is 13.2 Å². The predicted molar refractivity (Wildman–Crippen MR) is 51.8 cm³/mol. The maximum Gasteiger partial charge on any atom is 0.0897 e. The number of nitrogens with one attached hydrogen (secondary N) is 1. The van der Waals surface area contributed by atoms with Crippen LogP contribution in [0.3, 0.4) is 0 Å². The van der Waals surface area contributed by atoms with E-state index in [9.17, 15) is 5.11 Å². The Kier molecular flexibility index (Phi) is 8.33. The molecule has 0 radical (unpaired) electrons. The smallest absolute Gasteiger partial charge is 0.0897 e. The van der Waals surface area contributed by atoms with E-state index in [1.54, 1.807) is 7.11 Å². The molecule has 0 aliphatic rings. The maximum absolute atomic E-state index is 9.26. The maximum atomic E-state index is 9.26. The lowest BCUT2D eigenvalue weighted by Crippen LogP contribution is -2.35. The van der Waals surface area contributed by atoms with Crippen molar-refractivity contribution >= 4 is 0 Å². The van der Waals surface area contributed by atoms with Gasteiger partial charge in [-0.15, -0.1) is 0 Å². The second-order valence-electron chi connectivity index (χ2n) is 3.03. The van der Waals surface area contributed by atoms with Gasteiger partial charge in [0.1, 0.15) is 0 Å². The van der Waals surface area contributed by atoms with Gasteiger partial charge in [-0.05, 0) is 13.8 Å². The van der Waals surface area contributed by atoms with Crippen LogP contribution < -0.4 is 5.32 Å². The fourth-order valence-corrected chi connectivity index (χ4v) is 1.05. The molecule has 0 heterocycles. The Morgan fingerprint density at radius 3 is 2.62 bits per heavy atom. The van der Waals surface area contributed by atoms with Crippen LogP contribution in [0.5, 0.6) is 0 Å². The van der Waals surface area contributed by atoms with Gasteiger partial charge in [0, 0.05) is 26.8 Å². The molecule has 0 bridgehead atoms. The van der Waals surface area contributed by atoms with E-state index in [1.807, 2.05) is 13.8 Å². The van der Waals surface area contributed by atoms with Crippen molar-refractivity contribution in [2.24, 2.45) is 0 Å². The first-order chi connectivity index (χ1) is 6.20. The largest absolute Gasteiger partial charge is 0.389 e. The molecule has 0 spiro atoms. The van der Waals surface area contributed by atoms with E-state index < -0.39 is 6.10 Å². The van der Waals surface area contributed by atoms with Crippen LogP contribution in [0.15, 0.2) is 0 Å². The number of hydrogen-bond acceptors (Lipinski definition) is 4. The standard InChI is InChI=1S/C9H21NO3/c1-4-13-8(2)5-10-6-9(11)7-12-3/h8-11H,4-7H2,1-3H3. The zero-order valence-corrected chi connectivity index (χ0v) is 8.75. The van der Waals surface area contributed by atoms with Gasteiger partial charge in [-0.25, -0.2) is 0 Å². The van der Waals surface area contributed by atoms with Gasteiger partial charge in [0.25, 0.3) is 0 Å². The molecule has 0 fully saturated rings. The van der Waals surface area contributed by atoms with Crippen molar-refractivity contribution in [2.75, 3.05) is 33.4 Å². The van der Waals surface area contributed by atoms with E-state index >= 15 is 0 Å². The minimum absolute atomic E-state index is 0.194. The lowest BCUT2D eigenvalue weighted by Gasteiger charge is -2.14. The summed E-state index contributed by atoms with van der Waals surface area (Å²) in [5.74, 6) is 0. The summed E-state index contributed by atoms with van der Waals surface area (Å²) in [4.78, 5) is 0. The third-order valence-corrected chi connectivity index (χ3v) is 1.62. The van der Waals surface area contributed by atoms with Crippen molar-refractivity contribution in [1.29, 1.82) is 0 Å². The molecule has 0 saturated carbocycles. The molecule has 0 aliphatic heterocycles. The number of rotatable bonds is 8. The average molecular weight is 191 g/mol. The molecule has 4 heteroatoms. The van der Waals surface area contributed by atoms with Gasteiger partial charge in [-0.3, -0.25) is 0 Å². The molecule has 0 rings (SSSR count). The zero-order chi connectivity index (χ0) is 10.1. The van der Waals surface area contributed by atoms with Gasteiger partial charge in [-0.2, -0.15) is 0 Å². The van der Waals surface area contributed by atoms with Gasteiger partial charge < -0.3 is 19.9 Å². The third-order valence-electron chi connectivity index (χ3n) is 1.62. The molecule has 80 valence electrons. The summed E-state index contributed by atoms with van der Waals surface area (Å²) in [5, 5.41) is 12.4. The highest BCUT2D eigenvalue weighted by molar-refractivity contribution is 4.60. The topological polar surface area (TPSA) is 50.7 Å². The minimum atomic E-state index is -0.432. The summed E-state index contributed by atoms with van der Waals surface area (Å²) in [6.07, 6.45) is -0.237. The van der Waals surface area contributed by atoms with Crippen LogP contribution in [0.25, 0.3) is 0 Å². The summed E-state index contributed by atoms with van der Waals surface area (Å²) >= 11 is 0. The highest BCUT2D eigenvalue weighted by Crippen LogP contribution is 1.88. The second kappa shape index (κ2) is 8.44. The number of methoxy groups -OCH3 is 1. The van der Waals surface area contributed by atoms with Crippen molar-refractivity contribution in [3.8, 4) is 0 Å². The molecule has 0 aromatic heterocycles. The summed E-state index contributed by atoms with van der Waals surface area (Å²) in [5.41, 5.74) is 0. The molecule has 0 aliphatic carbocycles. The van der Waals surface area contributed by atoms with Crippen molar-refractivity contribution in [2.45, 2.75) is 26.1 Å². The van der Waals surface area contributed by atoms with Gasteiger partial charge in [0.05, 0.1) is 18.8 Å². The molecule has 2 atom stereocenters. The van der Waals surface area contributed by atoms with Gasteiger partial charge in [0.15, 0.2) is 0 Å². The molecular formula is C9H21NO3. The summed E-state index contributed by atoms with van der Waals surface area (Å²) in [6, 6.07) is 0. The van der Waals surface area contributed by atoms with Gasteiger partial charge >= 0.3 is 0 Å². The first-order valence-corrected chi connectivity index (χ1v) is 4.70. The van der Waals surface area contributed by atoms with Crippen LogP contribution in [0.2, 0.25) is 0 Å². The Morgan fingerprint density at radius 1 is 1.38 bits per heavy atom. The molecule has 2 N–H and O–H groups in total. The van der Waals surface area contributed by atoms with Crippen LogP contribution in [0.4, 0.5) is 0 Å². The van der Waals surface area contributed by atoms with Crippen LogP contribution in [-0.4, -0.2) is 50.7 Å². The number of aliphatic hydroxyl groups is 1. The molecule has 0 amide bonds. The van der Waals surface area contributed by atoms with E-state index in [2.05, 4.69) is 5.32 Å². The van der Waals surface area contributed by atoms with Crippen molar-refractivity contribution in [3.05, 3.63) is 0 Å². The Bertz CT molecular complexity index is 99.0. The van der Waals surface area contributed by atoms with E-state index in [0.717, 1.165) is 13.2 Å². The number of aliphatic hydroxyl groups excluding tert-OH is 1. The van der Waals surface area contributed by atoms with Crippen molar-refractivity contribution < 1.29 is 14.6 Å². The fourth-order valence-electron chi connectivity index (χ4n) is 1.05. The zero-order valence-electron chi connectivity index (χ0n) is 8.75. The third kappa shape index (κ3) is 8.18. The van der Waals surface area contributed by atoms with Crippen LogP contribution >= 0.6 is 0 Å². The van der Waals surface area contributed by atoms with Gasteiger partial charge in [-0.1, -0.05) is 0 Å². The van der Waals surface area contributed by atoms with E-state index in [-0.39, 0.29) is 6.10 Å². The molecule has 0 saturated heterocycles. The lowest BCUT2D eigenvalue weighted by atomic mass is 10.3. The van der Waals surface area contributed by atoms with Crippen molar-refractivity contribution in [3.63, 3.8) is 0 Å². The van der Waals surface area contributed by atoms with Crippen LogP contribution in [0, 0.1) is 0 Å². The molecule has 0 aromatic rings. The number of hydrogen-bond donors (Lipinski definition) is 2. The van der Waals surface area contributed by atoms with Crippen LogP contribution in [0.1, 0.15) is 13.8 Å². The normalized spacial score (nSPS) is 15.7. The first-order valence-electron chi connectivity index (χ1n) is 4.70. The fraction of sp³-hybridized carbons (Fsp3) is 1.00. The number of ether oxygens (including phenoxy) is 2. The van der Waals surface area contributed by atoms with E-state index in [1.165, 1.54) is 0 Å². The second-order valence-corrected chi connectivity index (χ2v) is 3.03. The van der Waals surface area contributed by atoms with E-state index in [4.69, 9.17) is 9.47 Å². The Hall–Kier alpha value is -0.160.